The van der Waals surface area contributed by atoms with Crippen LogP contribution in [0.25, 0.3) is 0 Å². The molecule has 0 saturated carbocycles. The minimum absolute atomic E-state index is 0.114. The second-order valence-electron chi connectivity index (χ2n) is 6.98. The van der Waals surface area contributed by atoms with Crippen molar-refractivity contribution in [3.63, 3.8) is 0 Å². The van der Waals surface area contributed by atoms with E-state index in [1.807, 2.05) is 52.0 Å². The van der Waals surface area contributed by atoms with Gasteiger partial charge < -0.3 is 10.1 Å². The maximum absolute atomic E-state index is 12.4. The number of ether oxygens (including phenoxy) is 1. The van der Waals surface area contributed by atoms with E-state index in [4.69, 9.17) is 4.74 Å². The molecular weight excluding hydrogens is 292 g/mol. The molecule has 0 aliphatic carbocycles. The van der Waals surface area contributed by atoms with Gasteiger partial charge in [0.2, 0.25) is 5.91 Å². The van der Waals surface area contributed by atoms with Gasteiger partial charge in [-0.2, -0.15) is 0 Å². The van der Waals surface area contributed by atoms with Crippen molar-refractivity contribution in [2.24, 2.45) is 0 Å². The highest BCUT2D eigenvalue weighted by Crippen LogP contribution is 2.21. The van der Waals surface area contributed by atoms with Gasteiger partial charge in [-0.3, -0.25) is 9.69 Å². The number of hydrogen-bond acceptors (Lipinski definition) is 3. The summed E-state index contributed by atoms with van der Waals surface area (Å²) in [5.74, 6) is -0.114. The van der Waals surface area contributed by atoms with Crippen LogP contribution in [0.5, 0.6) is 0 Å². The Bertz CT molecular complexity index is 578. The molecule has 1 fully saturated rings. The van der Waals surface area contributed by atoms with Gasteiger partial charge in [-0.1, -0.05) is 24.3 Å². The average Bonchev–Trinajstić information content (AvgIpc) is 2.94. The molecule has 1 aliphatic heterocycles. The van der Waals surface area contributed by atoms with E-state index in [0.717, 1.165) is 17.5 Å². The van der Waals surface area contributed by atoms with Crippen LogP contribution < -0.4 is 5.32 Å². The zero-order chi connectivity index (χ0) is 17.0. The fourth-order valence-electron chi connectivity index (χ4n) is 2.69. The monoisotopic (exact) mass is 318 g/mol. The summed E-state index contributed by atoms with van der Waals surface area (Å²) in [5.41, 5.74) is 1.67. The Morgan fingerprint density at radius 1 is 1.30 bits per heavy atom. The first-order chi connectivity index (χ1) is 10.8. The molecule has 2 rings (SSSR count). The number of likely N-dealkylation sites (tertiary alicyclic amines) is 1. The molecule has 0 aromatic heterocycles. The molecule has 126 valence electrons. The van der Waals surface area contributed by atoms with E-state index in [2.05, 4.69) is 5.32 Å². The highest BCUT2D eigenvalue weighted by molar-refractivity contribution is 5.86. The van der Waals surface area contributed by atoms with Gasteiger partial charge in [-0.15, -0.1) is 0 Å². The minimum Gasteiger partial charge on any atom is -0.444 e. The van der Waals surface area contributed by atoms with Crippen molar-refractivity contribution in [3.8, 4) is 0 Å². The summed E-state index contributed by atoms with van der Waals surface area (Å²) in [7, 11) is 0. The van der Waals surface area contributed by atoms with E-state index in [1.165, 1.54) is 0 Å². The maximum Gasteiger partial charge on any atom is 0.410 e. The highest BCUT2D eigenvalue weighted by Gasteiger charge is 2.36. The van der Waals surface area contributed by atoms with Crippen molar-refractivity contribution >= 4 is 12.0 Å². The Morgan fingerprint density at radius 2 is 2.00 bits per heavy atom. The van der Waals surface area contributed by atoms with Crippen molar-refractivity contribution in [1.82, 2.24) is 10.2 Å². The summed E-state index contributed by atoms with van der Waals surface area (Å²) in [4.78, 5) is 26.2. The second kappa shape index (κ2) is 7.02. The largest absolute Gasteiger partial charge is 0.444 e. The van der Waals surface area contributed by atoms with E-state index in [1.54, 1.807) is 4.90 Å². The summed E-state index contributed by atoms with van der Waals surface area (Å²) < 4.78 is 5.39. The van der Waals surface area contributed by atoms with Crippen LogP contribution in [0.2, 0.25) is 0 Å². The van der Waals surface area contributed by atoms with Gasteiger partial charge in [0.15, 0.2) is 0 Å². The summed E-state index contributed by atoms with van der Waals surface area (Å²) in [5, 5.41) is 2.94. The van der Waals surface area contributed by atoms with Crippen molar-refractivity contribution in [2.75, 3.05) is 6.54 Å². The van der Waals surface area contributed by atoms with Crippen LogP contribution in [0.4, 0.5) is 4.79 Å². The zero-order valence-corrected chi connectivity index (χ0v) is 14.4. The first-order valence-electron chi connectivity index (χ1n) is 8.10. The molecule has 5 heteroatoms. The number of rotatable bonds is 3. The van der Waals surface area contributed by atoms with Gasteiger partial charge in [0.25, 0.3) is 0 Å². The molecule has 1 heterocycles. The first-order valence-corrected chi connectivity index (χ1v) is 8.10. The molecule has 1 saturated heterocycles. The molecule has 0 spiro atoms. The Kier molecular flexibility index (Phi) is 5.29. The van der Waals surface area contributed by atoms with Crippen molar-refractivity contribution in [3.05, 3.63) is 35.4 Å². The van der Waals surface area contributed by atoms with Crippen LogP contribution in [0.1, 0.15) is 44.7 Å². The van der Waals surface area contributed by atoms with Gasteiger partial charge in [0.05, 0.1) is 0 Å². The minimum atomic E-state index is -0.554. The number of nitrogens with zero attached hydrogens (tertiary/aromatic N) is 1. The van der Waals surface area contributed by atoms with Gasteiger partial charge in [-0.25, -0.2) is 4.79 Å². The molecule has 1 aromatic rings. The van der Waals surface area contributed by atoms with Gasteiger partial charge >= 0.3 is 6.09 Å². The molecular formula is C18H26N2O3. The topological polar surface area (TPSA) is 58.6 Å². The second-order valence-corrected chi connectivity index (χ2v) is 6.98. The fourth-order valence-corrected chi connectivity index (χ4v) is 2.69. The normalized spacial score (nSPS) is 17.9. The third kappa shape index (κ3) is 4.71. The quantitative estimate of drug-likeness (QED) is 0.932. The number of amides is 2. The molecule has 2 amide bonds. The number of hydrogen-bond donors (Lipinski definition) is 1. The predicted molar refractivity (Wildman–Crippen MR) is 89.0 cm³/mol. The summed E-state index contributed by atoms with van der Waals surface area (Å²) in [6.45, 7) is 8.54. The van der Waals surface area contributed by atoms with Gasteiger partial charge in [0, 0.05) is 13.1 Å². The van der Waals surface area contributed by atoms with Gasteiger partial charge in [-0.05, 0) is 51.7 Å². The highest BCUT2D eigenvalue weighted by atomic mass is 16.6. The van der Waals surface area contributed by atoms with Gasteiger partial charge in [0.1, 0.15) is 11.6 Å². The Labute approximate surface area is 138 Å². The molecule has 1 aromatic carbocycles. The van der Waals surface area contributed by atoms with E-state index < -0.39 is 17.7 Å². The SMILES string of the molecule is Cc1ccccc1CNC(=O)C1CCCN1C(=O)OC(C)(C)C. The lowest BCUT2D eigenvalue weighted by molar-refractivity contribution is -0.125. The molecule has 1 unspecified atom stereocenters. The third-order valence-corrected chi connectivity index (χ3v) is 3.90. The average molecular weight is 318 g/mol. The fraction of sp³-hybridized carbons (Fsp3) is 0.556. The third-order valence-electron chi connectivity index (χ3n) is 3.90. The van der Waals surface area contributed by atoms with Crippen molar-refractivity contribution < 1.29 is 14.3 Å². The molecule has 0 radical (unpaired) electrons. The first kappa shape index (κ1) is 17.3. The number of carbonyl (C=O) groups is 2. The predicted octanol–water partition coefficient (Wildman–Crippen LogP) is 3.01. The maximum atomic E-state index is 12.4. The van der Waals surface area contributed by atoms with E-state index >= 15 is 0 Å². The van der Waals surface area contributed by atoms with Crippen LogP contribution in [0.3, 0.4) is 0 Å². The standard InChI is InChI=1S/C18H26N2O3/c1-13-8-5-6-9-14(13)12-19-16(21)15-10-7-11-20(15)17(22)23-18(2,3)4/h5-6,8-9,15H,7,10-12H2,1-4H3,(H,19,21). The van der Waals surface area contributed by atoms with Crippen LogP contribution in [0, 0.1) is 6.92 Å². The summed E-state index contributed by atoms with van der Waals surface area (Å²) >= 11 is 0. The zero-order valence-electron chi connectivity index (χ0n) is 14.4. The summed E-state index contributed by atoms with van der Waals surface area (Å²) in [6.07, 6.45) is 1.09. The van der Waals surface area contributed by atoms with Crippen molar-refractivity contribution in [2.45, 2.75) is 58.7 Å². The number of aryl methyl sites for hydroxylation is 1. The van der Waals surface area contributed by atoms with E-state index in [0.29, 0.717) is 19.5 Å². The van der Waals surface area contributed by atoms with E-state index in [-0.39, 0.29) is 5.91 Å². The number of carbonyl (C=O) groups excluding carboxylic acids is 2. The van der Waals surface area contributed by atoms with Crippen LogP contribution in [-0.4, -0.2) is 35.1 Å². The lowest BCUT2D eigenvalue weighted by atomic mass is 10.1. The van der Waals surface area contributed by atoms with E-state index in [9.17, 15) is 9.59 Å². The van der Waals surface area contributed by atoms with Crippen molar-refractivity contribution in [1.29, 1.82) is 0 Å². The molecule has 1 N–H and O–H groups in total. The number of nitrogens with one attached hydrogen (secondary N) is 1. The lowest BCUT2D eigenvalue weighted by Crippen LogP contribution is -2.47. The number of benzene rings is 1. The Balaban J connectivity index is 1.95. The smallest absolute Gasteiger partial charge is 0.410 e. The van der Waals surface area contributed by atoms with Crippen LogP contribution >= 0.6 is 0 Å². The Hall–Kier alpha value is -2.04. The Morgan fingerprint density at radius 3 is 2.65 bits per heavy atom. The lowest BCUT2D eigenvalue weighted by Gasteiger charge is -2.28. The molecule has 1 atom stereocenters. The van der Waals surface area contributed by atoms with Crippen LogP contribution in [0.15, 0.2) is 24.3 Å². The molecule has 5 nitrogen and oxygen atoms in total. The summed E-state index contributed by atoms with van der Waals surface area (Å²) in [6, 6.07) is 7.51. The van der Waals surface area contributed by atoms with Crippen LogP contribution in [-0.2, 0) is 16.1 Å². The molecule has 1 aliphatic rings. The molecule has 0 bridgehead atoms. The molecule has 23 heavy (non-hydrogen) atoms.